The molecule has 0 bridgehead atoms. The van der Waals surface area contributed by atoms with Crippen molar-refractivity contribution in [3.05, 3.63) is 53.4 Å². The molecule has 3 heteroatoms. The lowest BCUT2D eigenvalue weighted by Crippen LogP contribution is -2.01. The number of thiophene rings is 1. The summed E-state index contributed by atoms with van der Waals surface area (Å²) in [7, 11) is 0. The number of benzene rings is 1. The minimum absolute atomic E-state index is 0.270. The van der Waals surface area contributed by atoms with E-state index in [0.29, 0.717) is 6.61 Å². The summed E-state index contributed by atoms with van der Waals surface area (Å²) in [6.07, 6.45) is 5.25. The highest BCUT2D eigenvalue weighted by Crippen LogP contribution is 2.28. The van der Waals surface area contributed by atoms with Gasteiger partial charge in [0, 0.05) is 15.8 Å². The van der Waals surface area contributed by atoms with E-state index >= 15 is 0 Å². The highest BCUT2D eigenvalue weighted by molar-refractivity contribution is 7.16. The topological polar surface area (TPSA) is 26.3 Å². The zero-order chi connectivity index (χ0) is 14.2. The van der Waals surface area contributed by atoms with Gasteiger partial charge in [-0.15, -0.1) is 11.3 Å². The van der Waals surface area contributed by atoms with Crippen molar-refractivity contribution < 1.29 is 9.53 Å². The maximum Gasteiger partial charge on any atom is 0.330 e. The molecule has 2 aromatic rings. The maximum absolute atomic E-state index is 11.5. The van der Waals surface area contributed by atoms with Crippen LogP contribution in [0, 0.1) is 0 Å². The molecule has 0 fully saturated rings. The first-order chi connectivity index (χ1) is 9.79. The van der Waals surface area contributed by atoms with Crippen LogP contribution < -0.4 is 0 Å². The fourth-order valence-electron chi connectivity index (χ4n) is 1.72. The Labute approximate surface area is 123 Å². The number of ether oxygens (including phenoxy) is 1. The second kappa shape index (κ2) is 7.65. The first-order valence-electron chi connectivity index (χ1n) is 6.79. The van der Waals surface area contributed by atoms with Gasteiger partial charge in [-0.05, 0) is 30.2 Å². The van der Waals surface area contributed by atoms with Crippen molar-refractivity contribution in [2.45, 2.75) is 19.8 Å². The molecule has 104 valence electrons. The van der Waals surface area contributed by atoms with Gasteiger partial charge in [-0.3, -0.25) is 0 Å². The van der Waals surface area contributed by atoms with Crippen LogP contribution in [0.5, 0.6) is 0 Å². The highest BCUT2D eigenvalue weighted by atomic mass is 32.1. The van der Waals surface area contributed by atoms with E-state index in [-0.39, 0.29) is 5.97 Å². The lowest BCUT2D eigenvalue weighted by atomic mass is 10.2. The highest BCUT2D eigenvalue weighted by Gasteiger charge is 2.01. The van der Waals surface area contributed by atoms with Gasteiger partial charge in [0.15, 0.2) is 0 Å². The van der Waals surface area contributed by atoms with Crippen molar-refractivity contribution in [3.63, 3.8) is 0 Å². The van der Waals surface area contributed by atoms with Gasteiger partial charge in [0.25, 0.3) is 0 Å². The summed E-state index contributed by atoms with van der Waals surface area (Å²) < 4.78 is 5.07. The summed E-state index contributed by atoms with van der Waals surface area (Å²) in [5.41, 5.74) is 1.20. The molecule has 2 rings (SSSR count). The molecule has 0 N–H and O–H groups in total. The number of rotatable bonds is 6. The van der Waals surface area contributed by atoms with Crippen LogP contribution in [0.25, 0.3) is 16.5 Å². The smallest absolute Gasteiger partial charge is 0.330 e. The van der Waals surface area contributed by atoms with Crippen LogP contribution in [-0.4, -0.2) is 12.6 Å². The molecule has 0 saturated heterocycles. The normalized spacial score (nSPS) is 10.8. The molecule has 1 heterocycles. The van der Waals surface area contributed by atoms with Crippen molar-refractivity contribution >= 4 is 23.4 Å². The van der Waals surface area contributed by atoms with Crippen molar-refractivity contribution in [2.24, 2.45) is 0 Å². The van der Waals surface area contributed by atoms with E-state index in [1.807, 2.05) is 30.3 Å². The third-order valence-electron chi connectivity index (χ3n) is 2.81. The number of esters is 1. The third-order valence-corrected chi connectivity index (χ3v) is 3.91. The molecular weight excluding hydrogens is 268 g/mol. The molecule has 20 heavy (non-hydrogen) atoms. The van der Waals surface area contributed by atoms with Crippen molar-refractivity contribution in [3.8, 4) is 10.4 Å². The zero-order valence-corrected chi connectivity index (χ0v) is 12.4. The van der Waals surface area contributed by atoms with Crippen LogP contribution in [0.1, 0.15) is 24.6 Å². The molecule has 2 nitrogen and oxygen atoms in total. The average Bonchev–Trinajstić information content (AvgIpc) is 2.95. The molecule has 0 unspecified atom stereocenters. The van der Waals surface area contributed by atoms with Gasteiger partial charge in [-0.1, -0.05) is 43.7 Å². The predicted molar refractivity (Wildman–Crippen MR) is 84.7 cm³/mol. The Morgan fingerprint density at radius 2 is 2.00 bits per heavy atom. The Morgan fingerprint density at radius 3 is 2.75 bits per heavy atom. The van der Waals surface area contributed by atoms with Crippen LogP contribution in [0.2, 0.25) is 0 Å². The lowest BCUT2D eigenvalue weighted by molar-refractivity contribution is -0.137. The molecule has 0 aliphatic heterocycles. The van der Waals surface area contributed by atoms with Crippen LogP contribution in [0.15, 0.2) is 48.5 Å². The van der Waals surface area contributed by atoms with Gasteiger partial charge in [-0.2, -0.15) is 0 Å². The van der Waals surface area contributed by atoms with Gasteiger partial charge in [-0.25, -0.2) is 4.79 Å². The molecule has 0 atom stereocenters. The lowest BCUT2D eigenvalue weighted by Gasteiger charge is -1.98. The Kier molecular flexibility index (Phi) is 5.56. The summed E-state index contributed by atoms with van der Waals surface area (Å²) in [6.45, 7) is 2.57. The van der Waals surface area contributed by atoms with Crippen LogP contribution >= 0.6 is 11.3 Å². The predicted octanol–water partition coefficient (Wildman–Crippen LogP) is 4.77. The third kappa shape index (κ3) is 4.35. The van der Waals surface area contributed by atoms with E-state index in [2.05, 4.69) is 25.1 Å². The Bertz CT molecular complexity index is 570. The van der Waals surface area contributed by atoms with E-state index in [1.54, 1.807) is 11.3 Å². The van der Waals surface area contributed by atoms with Gasteiger partial charge in [0.1, 0.15) is 0 Å². The summed E-state index contributed by atoms with van der Waals surface area (Å²) >= 11 is 1.66. The number of hydrogen-bond donors (Lipinski definition) is 0. The number of carbonyl (C=O) groups excluding carboxylic acids is 1. The minimum atomic E-state index is -0.270. The standard InChI is InChI=1S/C17H18O2S/c1-2-3-13-19-17(18)12-10-15-9-11-16(20-15)14-7-5-4-6-8-14/h4-12H,2-3,13H2,1H3/b12-10+. The van der Waals surface area contributed by atoms with Crippen molar-refractivity contribution in [1.29, 1.82) is 0 Å². The largest absolute Gasteiger partial charge is 0.463 e. The number of hydrogen-bond acceptors (Lipinski definition) is 3. The summed E-state index contributed by atoms with van der Waals surface area (Å²) in [5.74, 6) is -0.270. The number of carbonyl (C=O) groups is 1. The molecule has 0 radical (unpaired) electrons. The van der Waals surface area contributed by atoms with Gasteiger partial charge < -0.3 is 4.74 Å². The molecule has 1 aromatic carbocycles. The van der Waals surface area contributed by atoms with Gasteiger partial charge in [0.2, 0.25) is 0 Å². The molecule has 0 saturated carbocycles. The molecule has 0 aliphatic rings. The van der Waals surface area contributed by atoms with Gasteiger partial charge >= 0.3 is 5.97 Å². The minimum Gasteiger partial charge on any atom is -0.463 e. The summed E-state index contributed by atoms with van der Waals surface area (Å²) in [4.78, 5) is 13.7. The monoisotopic (exact) mass is 286 g/mol. The molecular formula is C17H18O2S. The first-order valence-corrected chi connectivity index (χ1v) is 7.61. The second-order valence-corrected chi connectivity index (χ2v) is 5.54. The SMILES string of the molecule is CCCCOC(=O)/C=C/c1ccc(-c2ccccc2)s1. The van der Waals surface area contributed by atoms with E-state index in [4.69, 9.17) is 4.74 Å². The van der Waals surface area contributed by atoms with E-state index in [9.17, 15) is 4.79 Å². The second-order valence-electron chi connectivity index (χ2n) is 4.42. The fourth-order valence-corrected chi connectivity index (χ4v) is 2.63. The first kappa shape index (κ1) is 14.5. The van der Waals surface area contributed by atoms with E-state index in [1.165, 1.54) is 16.5 Å². The van der Waals surface area contributed by atoms with E-state index in [0.717, 1.165) is 17.7 Å². The molecule has 0 spiro atoms. The molecule has 0 aliphatic carbocycles. The maximum atomic E-state index is 11.5. The molecule has 1 aromatic heterocycles. The Balaban J connectivity index is 1.94. The molecule has 0 amide bonds. The Hall–Kier alpha value is -1.87. The fraction of sp³-hybridized carbons (Fsp3) is 0.235. The van der Waals surface area contributed by atoms with Crippen LogP contribution in [0.3, 0.4) is 0 Å². The number of unbranched alkanes of at least 4 members (excludes halogenated alkanes) is 1. The van der Waals surface area contributed by atoms with E-state index < -0.39 is 0 Å². The van der Waals surface area contributed by atoms with Crippen LogP contribution in [-0.2, 0) is 9.53 Å². The van der Waals surface area contributed by atoms with Crippen molar-refractivity contribution in [2.75, 3.05) is 6.61 Å². The van der Waals surface area contributed by atoms with Crippen molar-refractivity contribution in [1.82, 2.24) is 0 Å². The summed E-state index contributed by atoms with van der Waals surface area (Å²) in [5, 5.41) is 0. The van der Waals surface area contributed by atoms with Gasteiger partial charge in [0.05, 0.1) is 6.61 Å². The quantitative estimate of drug-likeness (QED) is 0.434. The Morgan fingerprint density at radius 1 is 1.20 bits per heavy atom. The zero-order valence-electron chi connectivity index (χ0n) is 11.5. The summed E-state index contributed by atoms with van der Waals surface area (Å²) in [6, 6.07) is 14.3. The average molecular weight is 286 g/mol. The van der Waals surface area contributed by atoms with Crippen LogP contribution in [0.4, 0.5) is 0 Å².